The van der Waals surface area contributed by atoms with Crippen molar-refractivity contribution in [1.29, 1.82) is 0 Å². The zero-order valence-electron chi connectivity index (χ0n) is 19.6. The van der Waals surface area contributed by atoms with Gasteiger partial charge in [0.15, 0.2) is 0 Å². The quantitative estimate of drug-likeness (QED) is 0.369. The van der Waals surface area contributed by atoms with Crippen LogP contribution in [0.1, 0.15) is 105 Å². The molecule has 1 unspecified atom stereocenters. The van der Waals surface area contributed by atoms with E-state index in [2.05, 4.69) is 57.2 Å². The highest BCUT2D eigenvalue weighted by molar-refractivity contribution is 14.1. The zero-order valence-corrected chi connectivity index (χ0v) is 21.8. The molecule has 1 nitrogen and oxygen atoms in total. The summed E-state index contributed by atoms with van der Waals surface area (Å²) in [7, 11) is 0. The number of allylic oxidation sites excluding steroid dienone is 1. The van der Waals surface area contributed by atoms with E-state index in [4.69, 9.17) is 0 Å². The van der Waals surface area contributed by atoms with Crippen LogP contribution in [0.4, 0.5) is 0 Å². The van der Waals surface area contributed by atoms with Crippen LogP contribution in [-0.4, -0.2) is 11.2 Å². The molecular formula is C27H45IO. The summed E-state index contributed by atoms with van der Waals surface area (Å²) in [5.74, 6) is 5.41. The van der Waals surface area contributed by atoms with Crippen LogP contribution in [0.15, 0.2) is 9.15 Å². The Morgan fingerprint density at radius 3 is 2.45 bits per heavy atom. The highest BCUT2D eigenvalue weighted by Crippen LogP contribution is 2.68. The van der Waals surface area contributed by atoms with Crippen LogP contribution in [0.2, 0.25) is 0 Å². The minimum Gasteiger partial charge on any atom is -0.393 e. The van der Waals surface area contributed by atoms with Crippen molar-refractivity contribution in [3.63, 3.8) is 0 Å². The lowest BCUT2D eigenvalue weighted by molar-refractivity contribution is -0.0576. The largest absolute Gasteiger partial charge is 0.393 e. The Labute approximate surface area is 194 Å². The highest BCUT2D eigenvalue weighted by Gasteiger charge is 2.59. The summed E-state index contributed by atoms with van der Waals surface area (Å²) in [6.07, 6.45) is 14.5. The lowest BCUT2D eigenvalue weighted by atomic mass is 9.47. The van der Waals surface area contributed by atoms with E-state index < -0.39 is 0 Å². The van der Waals surface area contributed by atoms with Gasteiger partial charge in [-0.1, -0.05) is 59.5 Å². The zero-order chi connectivity index (χ0) is 21.0. The maximum atomic E-state index is 10.3. The normalized spacial score (nSPS) is 45.7. The van der Waals surface area contributed by atoms with Gasteiger partial charge in [-0.25, -0.2) is 0 Å². The third-order valence-electron chi connectivity index (χ3n) is 10.3. The Hall–Kier alpha value is 0.430. The molecule has 166 valence electrons. The van der Waals surface area contributed by atoms with Gasteiger partial charge in [-0.05, 0) is 124 Å². The second kappa shape index (κ2) is 8.41. The average molecular weight is 513 g/mol. The number of halogens is 1. The van der Waals surface area contributed by atoms with E-state index >= 15 is 0 Å². The van der Waals surface area contributed by atoms with Gasteiger partial charge in [0, 0.05) is 0 Å². The number of hydrogen-bond donors (Lipinski definition) is 1. The molecule has 0 aromatic rings. The van der Waals surface area contributed by atoms with Crippen molar-refractivity contribution in [2.45, 2.75) is 111 Å². The number of aliphatic hydroxyl groups excluding tert-OH is 1. The number of fused-ring (bicyclic) bond motifs is 5. The molecule has 4 aliphatic carbocycles. The fraction of sp³-hybridized carbons (Fsp3) is 0.926. The first-order valence-corrected chi connectivity index (χ1v) is 13.8. The van der Waals surface area contributed by atoms with Crippen LogP contribution in [0, 0.1) is 46.3 Å². The molecule has 0 aromatic carbocycles. The van der Waals surface area contributed by atoms with Gasteiger partial charge in [-0.15, -0.1) is 0 Å². The molecule has 0 heterocycles. The molecule has 1 N–H and O–H groups in total. The van der Waals surface area contributed by atoms with Crippen LogP contribution in [0.25, 0.3) is 0 Å². The van der Waals surface area contributed by atoms with Gasteiger partial charge >= 0.3 is 0 Å². The average Bonchev–Trinajstić information content (AvgIpc) is 3.00. The fourth-order valence-electron chi connectivity index (χ4n) is 8.74. The molecule has 0 bridgehead atoms. The van der Waals surface area contributed by atoms with Crippen molar-refractivity contribution in [3.05, 3.63) is 9.15 Å². The minimum absolute atomic E-state index is 0.0872. The second-order valence-corrected chi connectivity index (χ2v) is 13.6. The van der Waals surface area contributed by atoms with E-state index in [1.807, 2.05) is 0 Å². The summed E-state index contributed by atoms with van der Waals surface area (Å²) in [5.41, 5.74) is 2.61. The third kappa shape index (κ3) is 3.89. The molecular weight excluding hydrogens is 467 g/mol. The van der Waals surface area contributed by atoms with Crippen LogP contribution in [0.5, 0.6) is 0 Å². The van der Waals surface area contributed by atoms with Gasteiger partial charge < -0.3 is 5.11 Å². The van der Waals surface area contributed by atoms with E-state index in [9.17, 15) is 5.11 Å². The molecule has 0 aliphatic heterocycles. The summed E-state index contributed by atoms with van der Waals surface area (Å²) in [6.45, 7) is 12.6. The van der Waals surface area contributed by atoms with E-state index in [1.54, 1.807) is 9.15 Å². The second-order valence-electron chi connectivity index (χ2n) is 12.3. The first-order chi connectivity index (χ1) is 13.7. The predicted octanol–water partition coefficient (Wildman–Crippen LogP) is 8.15. The molecule has 2 heteroatoms. The lowest BCUT2D eigenvalue weighted by Crippen LogP contribution is -2.51. The smallest absolute Gasteiger partial charge is 0.0578 e. The molecule has 0 amide bonds. The van der Waals surface area contributed by atoms with Crippen LogP contribution < -0.4 is 0 Å². The van der Waals surface area contributed by atoms with E-state index in [0.717, 1.165) is 48.3 Å². The molecule has 4 rings (SSSR count). The topological polar surface area (TPSA) is 20.2 Å². The molecule has 0 aromatic heterocycles. The molecule has 3 fully saturated rings. The van der Waals surface area contributed by atoms with Gasteiger partial charge in [0.2, 0.25) is 0 Å². The summed E-state index contributed by atoms with van der Waals surface area (Å²) in [4.78, 5) is 0. The maximum Gasteiger partial charge on any atom is 0.0578 e. The van der Waals surface area contributed by atoms with E-state index in [-0.39, 0.29) is 6.10 Å². The molecule has 8 atom stereocenters. The molecule has 29 heavy (non-hydrogen) atoms. The van der Waals surface area contributed by atoms with Gasteiger partial charge in [0.1, 0.15) is 0 Å². The first-order valence-electron chi connectivity index (χ1n) is 12.7. The van der Waals surface area contributed by atoms with Gasteiger partial charge in [-0.2, -0.15) is 0 Å². The Kier molecular flexibility index (Phi) is 6.56. The highest BCUT2D eigenvalue weighted by atomic mass is 127. The molecule has 4 aliphatic rings. The van der Waals surface area contributed by atoms with Crippen LogP contribution in [0.3, 0.4) is 0 Å². The molecule has 0 spiro atoms. The summed E-state index contributed by atoms with van der Waals surface area (Å²) in [6, 6.07) is 0. The lowest BCUT2D eigenvalue weighted by Gasteiger charge is -2.59. The van der Waals surface area contributed by atoms with Crippen LogP contribution >= 0.6 is 22.6 Å². The number of aliphatic hydroxyl groups is 1. The third-order valence-corrected chi connectivity index (χ3v) is 11.4. The predicted molar refractivity (Wildman–Crippen MR) is 132 cm³/mol. The standard InChI is InChI=1S/C27H45IO/c1-17(2)7-6-8-18(3)21-9-10-22-20-16-25(28)24-15-19(29)11-13-27(24,5)23(20)12-14-26(21,22)4/h17-23,29H,6-16H2,1-5H3/t18-,19+,20+,21?,22+,23+,26-,27-/m1/s1. The van der Waals surface area contributed by atoms with Crippen molar-refractivity contribution < 1.29 is 5.11 Å². The van der Waals surface area contributed by atoms with Gasteiger partial charge in [0.05, 0.1) is 6.10 Å². The van der Waals surface area contributed by atoms with Crippen molar-refractivity contribution >= 4 is 22.6 Å². The molecule has 3 saturated carbocycles. The maximum absolute atomic E-state index is 10.3. The number of rotatable bonds is 5. The Balaban J connectivity index is 1.53. The van der Waals surface area contributed by atoms with Gasteiger partial charge in [-0.3, -0.25) is 0 Å². The van der Waals surface area contributed by atoms with Crippen LogP contribution in [-0.2, 0) is 0 Å². The summed E-state index contributed by atoms with van der Waals surface area (Å²) >= 11 is 2.67. The Morgan fingerprint density at radius 1 is 0.966 bits per heavy atom. The minimum atomic E-state index is -0.0872. The monoisotopic (exact) mass is 512 g/mol. The SMILES string of the molecule is CC(C)CCC[C@@H](C)C1CC[C@H]2[C@@H]3CC(I)=C4C[C@@H](O)CC[C@]4(C)[C@H]3CC[C@]12C. The molecule has 0 saturated heterocycles. The molecule has 0 radical (unpaired) electrons. The van der Waals surface area contributed by atoms with Crippen molar-refractivity contribution in [3.8, 4) is 0 Å². The van der Waals surface area contributed by atoms with E-state index in [1.165, 1.54) is 57.8 Å². The summed E-state index contributed by atoms with van der Waals surface area (Å²) in [5, 5.41) is 10.3. The van der Waals surface area contributed by atoms with Crippen molar-refractivity contribution in [2.24, 2.45) is 46.3 Å². The number of hydrogen-bond acceptors (Lipinski definition) is 1. The van der Waals surface area contributed by atoms with E-state index in [0.29, 0.717) is 10.8 Å². The fourth-order valence-corrected chi connectivity index (χ4v) is 10.1. The summed E-state index contributed by atoms with van der Waals surface area (Å²) < 4.78 is 1.63. The Morgan fingerprint density at radius 2 is 1.72 bits per heavy atom. The van der Waals surface area contributed by atoms with Crippen molar-refractivity contribution in [1.82, 2.24) is 0 Å². The Bertz CT molecular complexity index is 638. The van der Waals surface area contributed by atoms with Crippen molar-refractivity contribution in [2.75, 3.05) is 0 Å². The van der Waals surface area contributed by atoms with Gasteiger partial charge in [0.25, 0.3) is 0 Å². The first kappa shape index (κ1) is 22.6.